The number of halogens is 3. The van der Waals surface area contributed by atoms with Gasteiger partial charge in [-0.3, -0.25) is 9.59 Å². The maximum Gasteiger partial charge on any atom is 0.416 e. The van der Waals surface area contributed by atoms with E-state index in [0.717, 1.165) is 44.5 Å². The van der Waals surface area contributed by atoms with E-state index in [9.17, 15) is 22.8 Å². The molecule has 27 heavy (non-hydrogen) atoms. The molecule has 0 radical (unpaired) electrons. The second-order valence-corrected chi connectivity index (χ2v) is 6.85. The Hall–Kier alpha value is -2.09. The van der Waals surface area contributed by atoms with Gasteiger partial charge in [-0.15, -0.1) is 0 Å². The first kappa shape index (κ1) is 21.2. The van der Waals surface area contributed by atoms with Crippen molar-refractivity contribution in [3.8, 4) is 0 Å². The lowest BCUT2D eigenvalue weighted by molar-refractivity contribution is -0.137. The van der Waals surface area contributed by atoms with Gasteiger partial charge < -0.3 is 15.5 Å². The Labute approximate surface area is 157 Å². The number of carbonyl (C=O) groups is 2. The maximum atomic E-state index is 12.9. The number of rotatable bonds is 7. The molecule has 1 aliphatic heterocycles. The lowest BCUT2D eigenvalue weighted by Gasteiger charge is -2.25. The minimum Gasteiger partial charge on any atom is -0.358 e. The van der Waals surface area contributed by atoms with Gasteiger partial charge in [0.05, 0.1) is 12.1 Å². The second kappa shape index (κ2) is 9.73. The number of benzene rings is 1. The third-order valence-electron chi connectivity index (χ3n) is 4.82. The fourth-order valence-corrected chi connectivity index (χ4v) is 3.21. The molecular formula is C19H26F3N3O2. The summed E-state index contributed by atoms with van der Waals surface area (Å²) in [5.41, 5.74) is -0.411. The Morgan fingerprint density at radius 1 is 1.26 bits per heavy atom. The van der Waals surface area contributed by atoms with Crippen molar-refractivity contribution < 1.29 is 22.8 Å². The molecule has 1 aliphatic rings. The molecule has 0 unspecified atom stereocenters. The van der Waals surface area contributed by atoms with E-state index in [2.05, 4.69) is 10.6 Å². The molecular weight excluding hydrogens is 359 g/mol. The summed E-state index contributed by atoms with van der Waals surface area (Å²) >= 11 is 0. The highest BCUT2D eigenvalue weighted by molar-refractivity contribution is 5.84. The van der Waals surface area contributed by atoms with Crippen LogP contribution >= 0.6 is 0 Å². The third-order valence-corrected chi connectivity index (χ3v) is 4.82. The third kappa shape index (κ3) is 6.86. The summed E-state index contributed by atoms with van der Waals surface area (Å²) < 4.78 is 38.7. The molecule has 0 bridgehead atoms. The standard InChI is InChI=1S/C19H26F3N3O2/c1-23-17(26)13-25(18(27)6-5-14-7-9-24-10-8-14)12-15-3-2-4-16(11-15)19(20,21)22/h2-4,11,14,24H,5-10,12-13H2,1H3,(H,23,26). The van der Waals surface area contributed by atoms with Gasteiger partial charge in [-0.1, -0.05) is 12.1 Å². The number of piperidine rings is 1. The highest BCUT2D eigenvalue weighted by Crippen LogP contribution is 2.30. The fourth-order valence-electron chi connectivity index (χ4n) is 3.21. The normalized spacial score (nSPS) is 15.4. The topological polar surface area (TPSA) is 61.4 Å². The lowest BCUT2D eigenvalue weighted by Crippen LogP contribution is -2.39. The number of carbonyl (C=O) groups excluding carboxylic acids is 2. The molecule has 5 nitrogen and oxygen atoms in total. The van der Waals surface area contributed by atoms with Gasteiger partial charge in [0, 0.05) is 20.0 Å². The number of alkyl halides is 3. The smallest absolute Gasteiger partial charge is 0.358 e. The van der Waals surface area contributed by atoms with Crippen molar-refractivity contribution in [3.63, 3.8) is 0 Å². The van der Waals surface area contributed by atoms with Gasteiger partial charge in [0.1, 0.15) is 0 Å². The predicted molar refractivity (Wildman–Crippen MR) is 95.8 cm³/mol. The first-order valence-corrected chi connectivity index (χ1v) is 9.15. The summed E-state index contributed by atoms with van der Waals surface area (Å²) in [6, 6.07) is 4.87. The van der Waals surface area contributed by atoms with Crippen molar-refractivity contribution in [1.29, 1.82) is 0 Å². The quantitative estimate of drug-likeness (QED) is 0.758. The first-order valence-electron chi connectivity index (χ1n) is 9.15. The minimum absolute atomic E-state index is 0.0254. The van der Waals surface area contributed by atoms with Crippen LogP contribution in [0.15, 0.2) is 24.3 Å². The van der Waals surface area contributed by atoms with E-state index < -0.39 is 11.7 Å². The van der Waals surface area contributed by atoms with Crippen LogP contribution in [0.25, 0.3) is 0 Å². The van der Waals surface area contributed by atoms with Crippen LogP contribution < -0.4 is 10.6 Å². The molecule has 1 fully saturated rings. The maximum absolute atomic E-state index is 12.9. The Morgan fingerprint density at radius 3 is 2.59 bits per heavy atom. The molecule has 0 saturated carbocycles. The molecule has 0 spiro atoms. The highest BCUT2D eigenvalue weighted by Gasteiger charge is 2.30. The van der Waals surface area contributed by atoms with Crippen LogP contribution in [-0.2, 0) is 22.3 Å². The molecule has 1 aromatic carbocycles. The molecule has 150 valence electrons. The molecule has 8 heteroatoms. The van der Waals surface area contributed by atoms with Crippen molar-refractivity contribution in [2.24, 2.45) is 5.92 Å². The number of hydrogen-bond donors (Lipinski definition) is 2. The van der Waals surface area contributed by atoms with E-state index in [1.165, 1.54) is 24.1 Å². The van der Waals surface area contributed by atoms with E-state index in [1.54, 1.807) is 0 Å². The molecule has 0 atom stereocenters. The SMILES string of the molecule is CNC(=O)CN(Cc1cccc(C(F)(F)F)c1)C(=O)CCC1CCNCC1. The zero-order chi connectivity index (χ0) is 19.9. The average molecular weight is 385 g/mol. The Bertz CT molecular complexity index is 643. The van der Waals surface area contributed by atoms with Gasteiger partial charge in [0.15, 0.2) is 0 Å². The summed E-state index contributed by atoms with van der Waals surface area (Å²) in [7, 11) is 1.46. The van der Waals surface area contributed by atoms with Crippen LogP contribution in [0.4, 0.5) is 13.2 Å². The lowest BCUT2D eigenvalue weighted by atomic mass is 9.93. The van der Waals surface area contributed by atoms with E-state index in [1.807, 2.05) is 0 Å². The minimum atomic E-state index is -4.44. The molecule has 1 saturated heterocycles. The van der Waals surface area contributed by atoms with Crippen LogP contribution in [0.1, 0.15) is 36.8 Å². The summed E-state index contributed by atoms with van der Waals surface area (Å²) in [5.74, 6) is -0.0997. The van der Waals surface area contributed by atoms with Crippen LogP contribution in [-0.4, -0.2) is 43.4 Å². The predicted octanol–water partition coefficient (Wildman–Crippen LogP) is 2.56. The highest BCUT2D eigenvalue weighted by atomic mass is 19.4. The molecule has 2 rings (SSSR count). The van der Waals surface area contributed by atoms with E-state index >= 15 is 0 Å². The van der Waals surface area contributed by atoms with Gasteiger partial charge in [0.2, 0.25) is 11.8 Å². The molecule has 1 heterocycles. The van der Waals surface area contributed by atoms with Crippen LogP contribution in [0.3, 0.4) is 0 Å². The van der Waals surface area contributed by atoms with Gasteiger partial charge >= 0.3 is 6.18 Å². The van der Waals surface area contributed by atoms with E-state index in [0.29, 0.717) is 17.9 Å². The van der Waals surface area contributed by atoms with Gasteiger partial charge in [-0.25, -0.2) is 0 Å². The first-order chi connectivity index (χ1) is 12.8. The van der Waals surface area contributed by atoms with Crippen LogP contribution in [0.5, 0.6) is 0 Å². The summed E-state index contributed by atoms with van der Waals surface area (Å²) in [6.45, 7) is 1.68. The second-order valence-electron chi connectivity index (χ2n) is 6.85. The summed E-state index contributed by atoms with van der Waals surface area (Å²) in [6.07, 6.45) is -1.40. The van der Waals surface area contributed by atoms with Gasteiger partial charge in [0.25, 0.3) is 0 Å². The molecule has 0 aliphatic carbocycles. The van der Waals surface area contributed by atoms with Crippen LogP contribution in [0.2, 0.25) is 0 Å². The average Bonchev–Trinajstić information content (AvgIpc) is 2.65. The van der Waals surface area contributed by atoms with Gasteiger partial charge in [-0.05, 0) is 56.0 Å². The zero-order valence-electron chi connectivity index (χ0n) is 15.4. The fraction of sp³-hybridized carbons (Fsp3) is 0.579. The zero-order valence-corrected chi connectivity index (χ0v) is 15.4. The van der Waals surface area contributed by atoms with Crippen LogP contribution in [0, 0.1) is 5.92 Å². The Balaban J connectivity index is 2.04. The van der Waals surface area contributed by atoms with Crippen molar-refractivity contribution in [2.45, 2.75) is 38.4 Å². The van der Waals surface area contributed by atoms with Crippen molar-refractivity contribution in [1.82, 2.24) is 15.5 Å². The monoisotopic (exact) mass is 385 g/mol. The van der Waals surface area contributed by atoms with Gasteiger partial charge in [-0.2, -0.15) is 13.2 Å². The Kier molecular flexibility index (Phi) is 7.65. The van der Waals surface area contributed by atoms with Crippen molar-refractivity contribution in [3.05, 3.63) is 35.4 Å². The van der Waals surface area contributed by atoms with E-state index in [-0.39, 0.29) is 24.9 Å². The number of nitrogens with one attached hydrogen (secondary N) is 2. The van der Waals surface area contributed by atoms with Crippen molar-refractivity contribution in [2.75, 3.05) is 26.7 Å². The molecule has 0 aromatic heterocycles. The molecule has 1 aromatic rings. The summed E-state index contributed by atoms with van der Waals surface area (Å²) in [5, 5.41) is 5.72. The largest absolute Gasteiger partial charge is 0.416 e. The van der Waals surface area contributed by atoms with E-state index in [4.69, 9.17) is 0 Å². The number of likely N-dealkylation sites (N-methyl/N-ethyl adjacent to an activating group) is 1. The molecule has 2 N–H and O–H groups in total. The number of hydrogen-bond acceptors (Lipinski definition) is 3. The molecule has 2 amide bonds. The number of amides is 2. The van der Waals surface area contributed by atoms with Crippen molar-refractivity contribution >= 4 is 11.8 Å². The Morgan fingerprint density at radius 2 is 1.96 bits per heavy atom. The summed E-state index contributed by atoms with van der Waals surface area (Å²) in [4.78, 5) is 25.7. The number of nitrogens with zero attached hydrogens (tertiary/aromatic N) is 1.